The first-order valence-electron chi connectivity index (χ1n) is 21.6. The lowest BCUT2D eigenvalue weighted by molar-refractivity contribution is 0.807. The normalized spacial score (nSPS) is 15.1. The molecule has 0 heterocycles. The van der Waals surface area contributed by atoms with Gasteiger partial charge in [-0.3, -0.25) is 0 Å². The van der Waals surface area contributed by atoms with E-state index in [2.05, 4.69) is 252 Å². The number of hydrogen-bond donors (Lipinski definition) is 0. The Morgan fingerprint density at radius 1 is 0.371 bits per heavy atom. The summed E-state index contributed by atoms with van der Waals surface area (Å²) in [6.45, 7) is 0. The Labute approximate surface area is 362 Å². The molecule has 10 aromatic carbocycles. The predicted octanol–water partition coefficient (Wildman–Crippen LogP) is 16.4. The van der Waals surface area contributed by atoms with E-state index in [1.165, 1.54) is 71.3 Å². The van der Waals surface area contributed by atoms with E-state index in [4.69, 9.17) is 0 Å². The van der Waals surface area contributed by atoms with Crippen molar-refractivity contribution in [2.24, 2.45) is 0 Å². The molecule has 12 rings (SSSR count). The summed E-state index contributed by atoms with van der Waals surface area (Å²) in [6.07, 6.45) is 7.18. The summed E-state index contributed by atoms with van der Waals surface area (Å²) < 4.78 is 0. The number of fused-ring (bicyclic) bond motifs is 10. The molecule has 0 saturated carbocycles. The number of anilines is 5. The van der Waals surface area contributed by atoms with Gasteiger partial charge in [-0.2, -0.15) is 0 Å². The molecule has 0 aliphatic heterocycles. The third kappa shape index (κ3) is 6.03. The lowest BCUT2D eigenvalue weighted by atomic mass is 9.73. The van der Waals surface area contributed by atoms with Crippen LogP contribution >= 0.6 is 0 Å². The van der Waals surface area contributed by atoms with Gasteiger partial charge >= 0.3 is 0 Å². The maximum Gasteiger partial charge on any atom is 0.0784 e. The van der Waals surface area contributed by atoms with Gasteiger partial charge in [-0.15, -0.1) is 0 Å². The minimum Gasteiger partial charge on any atom is -0.330 e. The highest BCUT2D eigenvalue weighted by Crippen LogP contribution is 2.50. The summed E-state index contributed by atoms with van der Waals surface area (Å²) in [7, 11) is 0. The van der Waals surface area contributed by atoms with E-state index in [0.29, 0.717) is 0 Å². The van der Waals surface area contributed by atoms with Crippen LogP contribution in [-0.2, 0) is 0 Å². The zero-order valence-electron chi connectivity index (χ0n) is 34.1. The minimum absolute atomic E-state index is 0.0117. The molecule has 0 radical (unpaired) electrons. The van der Waals surface area contributed by atoms with E-state index >= 15 is 0 Å². The number of rotatable bonds is 7. The van der Waals surface area contributed by atoms with E-state index in [0.717, 1.165) is 28.4 Å². The first-order chi connectivity index (χ1) is 30.8. The number of para-hydroxylation sites is 2. The zero-order valence-corrected chi connectivity index (χ0v) is 34.1. The summed E-state index contributed by atoms with van der Waals surface area (Å²) >= 11 is 0. The van der Waals surface area contributed by atoms with Crippen LogP contribution in [0.5, 0.6) is 0 Å². The molecule has 2 unspecified atom stereocenters. The van der Waals surface area contributed by atoms with Crippen LogP contribution in [0, 0.1) is 0 Å². The second-order valence-corrected chi connectivity index (χ2v) is 16.4. The van der Waals surface area contributed by atoms with Crippen LogP contribution < -0.4 is 9.80 Å². The zero-order chi connectivity index (χ0) is 41.0. The minimum atomic E-state index is 0.0117. The fourth-order valence-electron chi connectivity index (χ4n) is 10.1. The van der Waals surface area contributed by atoms with Crippen molar-refractivity contribution in [3.8, 4) is 11.1 Å². The van der Waals surface area contributed by atoms with E-state index < -0.39 is 0 Å². The highest BCUT2D eigenvalue weighted by molar-refractivity contribution is 6.21. The van der Waals surface area contributed by atoms with Gasteiger partial charge in [-0.25, -0.2) is 0 Å². The van der Waals surface area contributed by atoms with Crippen LogP contribution in [0.15, 0.2) is 237 Å². The Hall–Kier alpha value is -7.94. The van der Waals surface area contributed by atoms with Crippen molar-refractivity contribution in [1.29, 1.82) is 0 Å². The van der Waals surface area contributed by atoms with Crippen molar-refractivity contribution < 1.29 is 0 Å². The molecule has 0 N–H and O–H groups in total. The summed E-state index contributed by atoms with van der Waals surface area (Å²) in [6, 6.07) is 82.1. The van der Waals surface area contributed by atoms with Crippen LogP contribution in [-0.4, -0.2) is 0 Å². The SMILES string of the molecule is C1=CC2C(=CC(N(c3ccccc3)c3ccc(-c4ccc(N(c5ccccc5)c5cc6c7ccccc7ccc6c6ccccc56)cc4)cc3)c3ccccc32)c2ccccc21. The first kappa shape index (κ1) is 36.0. The Balaban J connectivity index is 0.939. The van der Waals surface area contributed by atoms with E-state index in [-0.39, 0.29) is 12.0 Å². The average molecular weight is 791 g/mol. The maximum atomic E-state index is 2.51. The molecular weight excluding hydrogens is 749 g/mol. The van der Waals surface area contributed by atoms with E-state index in [9.17, 15) is 0 Å². The first-order valence-corrected chi connectivity index (χ1v) is 21.6. The van der Waals surface area contributed by atoms with Gasteiger partial charge in [-0.05, 0) is 120 Å². The second kappa shape index (κ2) is 15.0. The van der Waals surface area contributed by atoms with Crippen LogP contribution in [0.3, 0.4) is 0 Å². The van der Waals surface area contributed by atoms with Crippen molar-refractivity contribution in [3.63, 3.8) is 0 Å². The van der Waals surface area contributed by atoms with Gasteiger partial charge in [0.2, 0.25) is 0 Å². The molecule has 2 atom stereocenters. The summed E-state index contributed by atoms with van der Waals surface area (Å²) in [5.74, 6) is 0.234. The Bertz CT molecular complexity index is 3350. The van der Waals surface area contributed by atoms with Crippen LogP contribution in [0.1, 0.15) is 34.2 Å². The summed E-state index contributed by atoms with van der Waals surface area (Å²) in [4.78, 5) is 4.92. The van der Waals surface area contributed by atoms with Crippen molar-refractivity contribution in [2.45, 2.75) is 12.0 Å². The standard InChI is InChI=1S/C60H42N2/c1-3-17-45(18-4-1)61(59-39-57-49-21-9-7-15-43(49)31-37-53(57)51-23-11-13-25-55(51)59)47-33-27-41(28-34-47)42-29-35-48(36-30-42)62(46-19-5-2-6-20-46)60-40-58-50-22-10-8-16-44(50)32-38-54(58)52-24-12-14-26-56(52)60/h1-40,53,59H. The predicted molar refractivity (Wildman–Crippen MR) is 263 cm³/mol. The molecule has 0 fully saturated rings. The van der Waals surface area contributed by atoms with Gasteiger partial charge in [-0.1, -0.05) is 188 Å². The molecule has 2 aliphatic rings. The van der Waals surface area contributed by atoms with Crippen LogP contribution in [0.2, 0.25) is 0 Å². The van der Waals surface area contributed by atoms with Gasteiger partial charge in [0.05, 0.1) is 11.7 Å². The molecule has 2 nitrogen and oxygen atoms in total. The Kier molecular flexibility index (Phi) is 8.67. The van der Waals surface area contributed by atoms with E-state index in [1.807, 2.05) is 0 Å². The smallest absolute Gasteiger partial charge is 0.0784 e. The molecular formula is C60H42N2. The number of nitrogens with zero attached hydrogens (tertiary/aromatic N) is 2. The third-order valence-electron chi connectivity index (χ3n) is 13.0. The van der Waals surface area contributed by atoms with Crippen molar-refractivity contribution in [1.82, 2.24) is 0 Å². The van der Waals surface area contributed by atoms with E-state index in [1.54, 1.807) is 0 Å². The fraction of sp³-hybridized carbons (Fsp3) is 0.0333. The van der Waals surface area contributed by atoms with Gasteiger partial charge in [0.1, 0.15) is 0 Å². The largest absolute Gasteiger partial charge is 0.330 e. The van der Waals surface area contributed by atoms with Crippen LogP contribution in [0.25, 0.3) is 55.1 Å². The average Bonchev–Trinajstić information content (AvgIpc) is 3.35. The molecule has 10 aromatic rings. The Morgan fingerprint density at radius 2 is 0.919 bits per heavy atom. The maximum absolute atomic E-state index is 2.51. The Morgan fingerprint density at radius 3 is 1.68 bits per heavy atom. The molecule has 0 bridgehead atoms. The van der Waals surface area contributed by atoms with Crippen LogP contribution in [0.4, 0.5) is 28.4 Å². The van der Waals surface area contributed by atoms with Crippen molar-refractivity contribution in [3.05, 3.63) is 259 Å². The third-order valence-corrected chi connectivity index (χ3v) is 13.0. The number of allylic oxidation sites excluding steroid dienone is 2. The molecule has 292 valence electrons. The van der Waals surface area contributed by atoms with Gasteiger partial charge in [0, 0.05) is 34.1 Å². The lowest BCUT2D eigenvalue weighted by Gasteiger charge is -2.39. The molecule has 62 heavy (non-hydrogen) atoms. The lowest BCUT2D eigenvalue weighted by Crippen LogP contribution is -2.27. The monoisotopic (exact) mass is 790 g/mol. The van der Waals surface area contributed by atoms with Gasteiger partial charge < -0.3 is 9.80 Å². The van der Waals surface area contributed by atoms with Gasteiger partial charge in [0.15, 0.2) is 0 Å². The second-order valence-electron chi connectivity index (χ2n) is 16.4. The van der Waals surface area contributed by atoms with Gasteiger partial charge in [0.25, 0.3) is 0 Å². The number of benzene rings is 10. The highest BCUT2D eigenvalue weighted by Gasteiger charge is 2.34. The fourth-order valence-corrected chi connectivity index (χ4v) is 10.1. The van der Waals surface area contributed by atoms with Crippen molar-refractivity contribution >= 4 is 72.4 Å². The molecule has 0 saturated heterocycles. The molecule has 2 heteroatoms. The number of hydrogen-bond acceptors (Lipinski definition) is 2. The molecule has 0 amide bonds. The van der Waals surface area contributed by atoms with Crippen molar-refractivity contribution in [2.75, 3.05) is 9.80 Å². The molecule has 0 spiro atoms. The topological polar surface area (TPSA) is 6.48 Å². The molecule has 0 aromatic heterocycles. The summed E-state index contributed by atoms with van der Waals surface area (Å²) in [5, 5.41) is 7.51. The molecule has 2 aliphatic carbocycles. The highest BCUT2D eigenvalue weighted by atomic mass is 15.2. The summed E-state index contributed by atoms with van der Waals surface area (Å²) in [5.41, 5.74) is 14.7. The quantitative estimate of drug-likeness (QED) is 0.148.